The van der Waals surface area contributed by atoms with E-state index in [0.717, 1.165) is 18.6 Å². The maximum absolute atomic E-state index is 12.9. The molecule has 152 valence electrons. The van der Waals surface area contributed by atoms with Crippen LogP contribution in [0.15, 0.2) is 54.6 Å². The van der Waals surface area contributed by atoms with Crippen LogP contribution in [0.3, 0.4) is 0 Å². The van der Waals surface area contributed by atoms with Crippen molar-refractivity contribution in [1.82, 2.24) is 4.90 Å². The van der Waals surface area contributed by atoms with E-state index in [4.69, 9.17) is 4.74 Å². The van der Waals surface area contributed by atoms with Crippen molar-refractivity contribution in [1.29, 1.82) is 0 Å². The van der Waals surface area contributed by atoms with Gasteiger partial charge in [0.15, 0.2) is 5.78 Å². The van der Waals surface area contributed by atoms with Gasteiger partial charge in [-0.25, -0.2) is 0 Å². The zero-order valence-electron chi connectivity index (χ0n) is 16.5. The monoisotopic (exact) mass is 395 g/mol. The van der Waals surface area contributed by atoms with Gasteiger partial charge in [-0.1, -0.05) is 18.2 Å². The van der Waals surface area contributed by atoms with Crippen LogP contribution in [0.25, 0.3) is 0 Å². The highest BCUT2D eigenvalue weighted by Crippen LogP contribution is 2.25. The van der Waals surface area contributed by atoms with Gasteiger partial charge in [-0.05, 0) is 49.2 Å². The molecule has 0 radical (unpaired) electrons. The average molecular weight is 395 g/mol. The smallest absolute Gasteiger partial charge is 0.306 e. The Kier molecular flexibility index (Phi) is 7.00. The van der Waals surface area contributed by atoms with Crippen LogP contribution >= 0.6 is 0 Å². The number of amides is 1. The Labute approximate surface area is 170 Å². The number of benzene rings is 2. The minimum atomic E-state index is -0.402. The first-order chi connectivity index (χ1) is 14.1. The fourth-order valence-electron chi connectivity index (χ4n) is 3.43. The molecule has 1 fully saturated rings. The molecule has 1 aliphatic rings. The molecule has 1 aliphatic heterocycles. The second-order valence-electron chi connectivity index (χ2n) is 7.06. The summed E-state index contributed by atoms with van der Waals surface area (Å²) in [4.78, 5) is 38.2. The van der Waals surface area contributed by atoms with E-state index in [9.17, 15) is 14.4 Å². The Morgan fingerprint density at radius 3 is 2.34 bits per heavy atom. The molecular formula is C23H25NO5. The van der Waals surface area contributed by atoms with Crippen LogP contribution < -0.4 is 4.74 Å². The van der Waals surface area contributed by atoms with Crippen molar-refractivity contribution in [2.45, 2.75) is 25.7 Å². The van der Waals surface area contributed by atoms with Gasteiger partial charge in [0.1, 0.15) is 11.5 Å². The van der Waals surface area contributed by atoms with Gasteiger partial charge in [0, 0.05) is 31.0 Å². The lowest BCUT2D eigenvalue weighted by Crippen LogP contribution is -2.42. The first-order valence-electron chi connectivity index (χ1n) is 9.78. The van der Waals surface area contributed by atoms with Gasteiger partial charge >= 0.3 is 5.97 Å². The summed E-state index contributed by atoms with van der Waals surface area (Å²) in [6, 6.07) is 16.5. The van der Waals surface area contributed by atoms with E-state index in [1.807, 2.05) is 30.3 Å². The van der Waals surface area contributed by atoms with Gasteiger partial charge < -0.3 is 14.4 Å². The maximum Gasteiger partial charge on any atom is 0.306 e. The molecule has 0 saturated carbocycles. The zero-order valence-corrected chi connectivity index (χ0v) is 16.5. The van der Waals surface area contributed by atoms with Crippen molar-refractivity contribution in [2.75, 3.05) is 20.2 Å². The fraction of sp³-hybridized carbons (Fsp3) is 0.348. The Morgan fingerprint density at radius 1 is 0.966 bits per heavy atom. The number of methoxy groups -OCH3 is 1. The standard InChI is InChI=1S/C23H25NO5/c1-28-22(26)14-13-21(25)24-15-5-6-18(16-24)23(27)17-9-11-20(12-10-17)29-19-7-3-2-4-8-19/h2-4,7-12,18H,5-6,13-16H2,1H3. The largest absolute Gasteiger partial charge is 0.469 e. The number of rotatable bonds is 7. The molecule has 0 aromatic heterocycles. The van der Waals surface area contributed by atoms with Crippen molar-refractivity contribution in [3.63, 3.8) is 0 Å². The number of Topliss-reactive ketones (excluding diaryl/α,β-unsaturated/α-hetero) is 1. The Hall–Kier alpha value is -3.15. The lowest BCUT2D eigenvalue weighted by molar-refractivity contribution is -0.144. The fourth-order valence-corrected chi connectivity index (χ4v) is 3.43. The van der Waals surface area contributed by atoms with Crippen LogP contribution in [-0.2, 0) is 14.3 Å². The molecule has 1 heterocycles. The Morgan fingerprint density at radius 2 is 1.66 bits per heavy atom. The van der Waals surface area contributed by atoms with Crippen LogP contribution in [-0.4, -0.2) is 42.8 Å². The molecule has 1 saturated heterocycles. The first kappa shape index (κ1) is 20.6. The topological polar surface area (TPSA) is 72.9 Å². The van der Waals surface area contributed by atoms with Gasteiger partial charge in [-0.3, -0.25) is 14.4 Å². The number of likely N-dealkylation sites (tertiary alicyclic amines) is 1. The second kappa shape index (κ2) is 9.87. The van der Waals surface area contributed by atoms with Crippen molar-refractivity contribution < 1.29 is 23.9 Å². The highest BCUT2D eigenvalue weighted by Gasteiger charge is 2.29. The zero-order chi connectivity index (χ0) is 20.6. The number of hydrogen-bond donors (Lipinski definition) is 0. The minimum absolute atomic E-state index is 0.0294. The molecule has 0 bridgehead atoms. The summed E-state index contributed by atoms with van der Waals surface area (Å²) in [5.74, 6) is 0.685. The molecule has 0 spiro atoms. The summed E-state index contributed by atoms with van der Waals surface area (Å²) in [6.45, 7) is 1.01. The molecule has 2 aromatic carbocycles. The molecule has 0 N–H and O–H groups in total. The van der Waals surface area contributed by atoms with Gasteiger partial charge in [0.05, 0.1) is 13.5 Å². The van der Waals surface area contributed by atoms with E-state index in [1.54, 1.807) is 29.2 Å². The molecule has 1 amide bonds. The summed E-state index contributed by atoms with van der Waals surface area (Å²) in [7, 11) is 1.30. The van der Waals surface area contributed by atoms with E-state index >= 15 is 0 Å². The number of piperidine rings is 1. The number of nitrogens with zero attached hydrogens (tertiary/aromatic N) is 1. The molecule has 1 unspecified atom stereocenters. The van der Waals surface area contributed by atoms with Crippen molar-refractivity contribution in [3.8, 4) is 11.5 Å². The summed E-state index contributed by atoms with van der Waals surface area (Å²) >= 11 is 0. The van der Waals surface area contributed by atoms with Crippen LogP contribution in [0, 0.1) is 5.92 Å². The van der Waals surface area contributed by atoms with E-state index in [-0.39, 0.29) is 30.4 Å². The predicted molar refractivity (Wildman–Crippen MR) is 108 cm³/mol. The third-order valence-electron chi connectivity index (χ3n) is 5.03. The van der Waals surface area contributed by atoms with E-state index in [2.05, 4.69) is 4.74 Å². The van der Waals surface area contributed by atoms with Crippen LogP contribution in [0.5, 0.6) is 11.5 Å². The second-order valence-corrected chi connectivity index (χ2v) is 7.06. The lowest BCUT2D eigenvalue weighted by Gasteiger charge is -2.32. The molecule has 1 atom stereocenters. The van der Waals surface area contributed by atoms with Gasteiger partial charge in [-0.2, -0.15) is 0 Å². The number of esters is 1. The summed E-state index contributed by atoms with van der Waals surface area (Å²) in [5.41, 5.74) is 0.610. The SMILES string of the molecule is COC(=O)CCC(=O)N1CCCC(C(=O)c2ccc(Oc3ccccc3)cc2)C1. The summed E-state index contributed by atoms with van der Waals surface area (Å²) in [6.07, 6.45) is 1.70. The molecule has 6 nitrogen and oxygen atoms in total. The Balaban J connectivity index is 1.57. The lowest BCUT2D eigenvalue weighted by atomic mass is 9.90. The van der Waals surface area contributed by atoms with Gasteiger partial charge in [0.25, 0.3) is 0 Å². The van der Waals surface area contributed by atoms with Gasteiger partial charge in [0.2, 0.25) is 5.91 Å². The highest BCUT2D eigenvalue weighted by molar-refractivity contribution is 5.98. The predicted octanol–water partition coefficient (Wildman–Crippen LogP) is 3.85. The number of hydrogen-bond acceptors (Lipinski definition) is 5. The quantitative estimate of drug-likeness (QED) is 0.526. The average Bonchev–Trinajstić information content (AvgIpc) is 2.78. The maximum atomic E-state index is 12.9. The van der Waals surface area contributed by atoms with Crippen LogP contribution in [0.2, 0.25) is 0 Å². The molecule has 6 heteroatoms. The number of ketones is 1. The number of para-hydroxylation sites is 1. The molecule has 2 aromatic rings. The van der Waals surface area contributed by atoms with Gasteiger partial charge in [-0.15, -0.1) is 0 Å². The third-order valence-corrected chi connectivity index (χ3v) is 5.03. The van der Waals surface area contributed by atoms with E-state index < -0.39 is 5.97 Å². The number of carbonyl (C=O) groups excluding carboxylic acids is 3. The van der Waals surface area contributed by atoms with Crippen molar-refractivity contribution in [3.05, 3.63) is 60.2 Å². The first-order valence-corrected chi connectivity index (χ1v) is 9.78. The van der Waals surface area contributed by atoms with E-state index in [1.165, 1.54) is 7.11 Å². The van der Waals surface area contributed by atoms with Crippen LogP contribution in [0.4, 0.5) is 0 Å². The molecule has 29 heavy (non-hydrogen) atoms. The van der Waals surface area contributed by atoms with Crippen molar-refractivity contribution >= 4 is 17.7 Å². The molecular weight excluding hydrogens is 370 g/mol. The normalized spacial score (nSPS) is 16.2. The third kappa shape index (κ3) is 5.67. The molecule has 0 aliphatic carbocycles. The van der Waals surface area contributed by atoms with Crippen LogP contribution in [0.1, 0.15) is 36.0 Å². The summed E-state index contributed by atoms with van der Waals surface area (Å²) < 4.78 is 10.3. The Bertz CT molecular complexity index is 847. The molecule has 3 rings (SSSR count). The number of ether oxygens (including phenoxy) is 2. The number of carbonyl (C=O) groups is 3. The summed E-state index contributed by atoms with van der Waals surface area (Å²) in [5, 5.41) is 0. The highest BCUT2D eigenvalue weighted by atomic mass is 16.5. The minimum Gasteiger partial charge on any atom is -0.469 e. The van der Waals surface area contributed by atoms with E-state index in [0.29, 0.717) is 24.4 Å². The van der Waals surface area contributed by atoms with Crippen molar-refractivity contribution in [2.24, 2.45) is 5.92 Å².